The van der Waals surface area contributed by atoms with Gasteiger partial charge in [-0.1, -0.05) is 11.6 Å². The maximum Gasteiger partial charge on any atom is 0.257 e. The fourth-order valence-corrected chi connectivity index (χ4v) is 3.31. The molecule has 2 N–H and O–H groups in total. The van der Waals surface area contributed by atoms with Gasteiger partial charge >= 0.3 is 0 Å². The Kier molecular flexibility index (Phi) is 4.78. The van der Waals surface area contributed by atoms with Gasteiger partial charge in [-0.25, -0.2) is 4.98 Å². The first-order valence-electron chi connectivity index (χ1n) is 7.90. The number of nitrogens with zero attached hydrogens (tertiary/aromatic N) is 3. The van der Waals surface area contributed by atoms with Gasteiger partial charge in [-0.05, 0) is 37.0 Å². The Hall–Kier alpha value is -2.05. The first-order chi connectivity index (χ1) is 11.5. The van der Waals surface area contributed by atoms with Gasteiger partial charge in [0.2, 0.25) is 0 Å². The number of rotatable bonds is 3. The Labute approximate surface area is 145 Å². The number of carbonyl (C=O) groups is 1. The van der Waals surface area contributed by atoms with Gasteiger partial charge in [-0.15, -0.1) is 0 Å². The van der Waals surface area contributed by atoms with E-state index < -0.39 is 6.10 Å². The third-order valence-corrected chi connectivity index (χ3v) is 4.82. The van der Waals surface area contributed by atoms with Gasteiger partial charge in [0.25, 0.3) is 5.91 Å². The third-order valence-electron chi connectivity index (χ3n) is 4.59. The molecule has 1 aliphatic heterocycles. The molecule has 1 saturated heterocycles. The molecule has 1 fully saturated rings. The number of amides is 1. The maximum absolute atomic E-state index is 12.5. The van der Waals surface area contributed by atoms with E-state index >= 15 is 0 Å². The Morgan fingerprint density at radius 2 is 2.08 bits per heavy atom. The van der Waals surface area contributed by atoms with Crippen molar-refractivity contribution in [3.8, 4) is 5.75 Å². The highest BCUT2D eigenvalue weighted by atomic mass is 35.5. The van der Waals surface area contributed by atoms with Crippen LogP contribution < -0.4 is 0 Å². The second kappa shape index (κ2) is 6.83. The number of phenolic OH excluding ortho intramolecular Hbond substituents is 1. The highest BCUT2D eigenvalue weighted by Crippen LogP contribution is 2.31. The van der Waals surface area contributed by atoms with Crippen molar-refractivity contribution in [1.29, 1.82) is 0 Å². The fraction of sp³-hybridized carbons (Fsp3) is 0.412. The number of imidazole rings is 1. The normalized spacial score (nSPS) is 17.0. The topological polar surface area (TPSA) is 78.6 Å². The molecule has 2 aromatic rings. The molecule has 1 amide bonds. The van der Waals surface area contributed by atoms with E-state index in [0.717, 1.165) is 0 Å². The highest BCUT2D eigenvalue weighted by Gasteiger charge is 2.31. The lowest BCUT2D eigenvalue weighted by Crippen LogP contribution is -2.40. The quantitative estimate of drug-likeness (QED) is 0.891. The summed E-state index contributed by atoms with van der Waals surface area (Å²) in [6.07, 6.45) is 4.22. The van der Waals surface area contributed by atoms with Gasteiger partial charge in [-0.2, -0.15) is 0 Å². The Balaban J connectivity index is 1.64. The van der Waals surface area contributed by atoms with Crippen LogP contribution in [0.25, 0.3) is 0 Å². The molecule has 2 heterocycles. The van der Waals surface area contributed by atoms with Crippen molar-refractivity contribution in [2.24, 2.45) is 13.0 Å². The summed E-state index contributed by atoms with van der Waals surface area (Å²) in [5.74, 6) is 0.390. The molecule has 1 aromatic heterocycles. The lowest BCUT2D eigenvalue weighted by molar-refractivity contribution is 0.0418. The van der Waals surface area contributed by atoms with E-state index in [0.29, 0.717) is 36.8 Å². The minimum absolute atomic E-state index is 0.0639. The molecule has 3 rings (SSSR count). The molecule has 0 unspecified atom stereocenters. The van der Waals surface area contributed by atoms with Gasteiger partial charge in [0.05, 0.1) is 5.56 Å². The zero-order chi connectivity index (χ0) is 17.3. The third kappa shape index (κ3) is 3.25. The van der Waals surface area contributed by atoms with Gasteiger partial charge < -0.3 is 19.7 Å². The van der Waals surface area contributed by atoms with Crippen LogP contribution in [0, 0.1) is 5.92 Å². The summed E-state index contributed by atoms with van der Waals surface area (Å²) < 4.78 is 1.81. The second-order valence-electron chi connectivity index (χ2n) is 6.13. The fourth-order valence-electron chi connectivity index (χ4n) is 3.15. The number of aliphatic hydroxyl groups excluding tert-OH is 1. The van der Waals surface area contributed by atoms with Crippen molar-refractivity contribution in [3.63, 3.8) is 0 Å². The lowest BCUT2D eigenvalue weighted by Gasteiger charge is -2.34. The van der Waals surface area contributed by atoms with Crippen molar-refractivity contribution < 1.29 is 15.0 Å². The average Bonchev–Trinajstić information content (AvgIpc) is 3.00. The number of aromatic nitrogens is 2. The summed E-state index contributed by atoms with van der Waals surface area (Å²) in [5.41, 5.74) is 0.252. The van der Waals surface area contributed by atoms with E-state index in [-0.39, 0.29) is 23.1 Å². The molecular formula is C17H20ClN3O3. The van der Waals surface area contributed by atoms with Gasteiger partial charge in [0.15, 0.2) is 0 Å². The number of carbonyl (C=O) groups excluding carboxylic acids is 1. The summed E-state index contributed by atoms with van der Waals surface area (Å²) in [5, 5.41) is 20.8. The van der Waals surface area contributed by atoms with Gasteiger partial charge in [0.1, 0.15) is 17.7 Å². The number of aryl methyl sites for hydroxylation is 1. The molecule has 1 aromatic carbocycles. The summed E-state index contributed by atoms with van der Waals surface area (Å²) >= 11 is 5.80. The molecule has 6 nitrogen and oxygen atoms in total. The lowest BCUT2D eigenvalue weighted by atomic mass is 9.90. The van der Waals surface area contributed by atoms with Crippen molar-refractivity contribution in [1.82, 2.24) is 14.5 Å². The summed E-state index contributed by atoms with van der Waals surface area (Å²) in [6, 6.07) is 4.49. The van der Waals surface area contributed by atoms with Crippen LogP contribution in [0.4, 0.5) is 0 Å². The molecule has 0 saturated carbocycles. The standard InChI is InChI=1S/C17H20ClN3O3/c1-20-9-6-19-16(20)15(23)11-4-7-21(8-5-11)17(24)13-3-2-12(18)10-14(13)22/h2-3,6,9-11,15,22-23H,4-5,7-8H2,1H3/t15-/m0/s1. The molecular weight excluding hydrogens is 330 g/mol. The van der Waals surface area contributed by atoms with E-state index in [1.165, 1.54) is 12.1 Å². The van der Waals surface area contributed by atoms with Gasteiger partial charge in [-0.3, -0.25) is 4.79 Å². The van der Waals surface area contributed by atoms with Crippen molar-refractivity contribution in [3.05, 3.63) is 47.0 Å². The number of likely N-dealkylation sites (tertiary alicyclic amines) is 1. The first-order valence-corrected chi connectivity index (χ1v) is 8.28. The number of aromatic hydroxyl groups is 1. The number of halogens is 1. The maximum atomic E-state index is 12.5. The van der Waals surface area contributed by atoms with E-state index in [1.54, 1.807) is 23.4 Å². The summed E-state index contributed by atoms with van der Waals surface area (Å²) in [6.45, 7) is 1.07. The zero-order valence-electron chi connectivity index (χ0n) is 13.4. The Morgan fingerprint density at radius 3 is 2.67 bits per heavy atom. The van der Waals surface area contributed by atoms with Crippen LogP contribution in [0.3, 0.4) is 0 Å². The SMILES string of the molecule is Cn1ccnc1[C@@H](O)C1CCN(C(=O)c2ccc(Cl)cc2O)CC1. The van der Waals surface area contributed by atoms with Crippen LogP contribution in [-0.4, -0.2) is 43.7 Å². The monoisotopic (exact) mass is 349 g/mol. The minimum Gasteiger partial charge on any atom is -0.507 e. The average molecular weight is 350 g/mol. The summed E-state index contributed by atoms with van der Waals surface area (Å²) in [7, 11) is 1.85. The number of hydrogen-bond acceptors (Lipinski definition) is 4. The molecule has 0 radical (unpaired) electrons. The number of piperidine rings is 1. The molecule has 128 valence electrons. The number of hydrogen-bond donors (Lipinski definition) is 2. The van der Waals surface area contributed by atoms with Crippen LogP contribution in [0.15, 0.2) is 30.6 Å². The minimum atomic E-state index is -0.633. The largest absolute Gasteiger partial charge is 0.507 e. The molecule has 0 spiro atoms. The molecule has 0 bridgehead atoms. The molecule has 1 atom stereocenters. The van der Waals surface area contributed by atoms with Crippen LogP contribution in [0.1, 0.15) is 35.1 Å². The second-order valence-corrected chi connectivity index (χ2v) is 6.57. The van der Waals surface area contributed by atoms with Crippen molar-refractivity contribution in [2.45, 2.75) is 18.9 Å². The number of phenols is 1. The van der Waals surface area contributed by atoms with Gasteiger partial charge in [0, 0.05) is 37.6 Å². The number of aliphatic hydroxyl groups is 1. The van der Waals surface area contributed by atoms with E-state index in [2.05, 4.69) is 4.98 Å². The van der Waals surface area contributed by atoms with E-state index in [4.69, 9.17) is 11.6 Å². The molecule has 7 heteroatoms. The van der Waals surface area contributed by atoms with E-state index in [9.17, 15) is 15.0 Å². The molecule has 0 aliphatic carbocycles. The number of benzene rings is 1. The van der Waals surface area contributed by atoms with Crippen LogP contribution >= 0.6 is 11.6 Å². The van der Waals surface area contributed by atoms with Crippen LogP contribution in [-0.2, 0) is 7.05 Å². The van der Waals surface area contributed by atoms with Crippen LogP contribution in [0.2, 0.25) is 5.02 Å². The van der Waals surface area contributed by atoms with Crippen molar-refractivity contribution in [2.75, 3.05) is 13.1 Å². The molecule has 1 aliphatic rings. The summed E-state index contributed by atoms with van der Waals surface area (Å²) in [4.78, 5) is 18.4. The van der Waals surface area contributed by atoms with E-state index in [1.807, 2.05) is 11.6 Å². The van der Waals surface area contributed by atoms with Crippen molar-refractivity contribution >= 4 is 17.5 Å². The smallest absolute Gasteiger partial charge is 0.257 e. The Morgan fingerprint density at radius 1 is 1.38 bits per heavy atom. The predicted molar refractivity (Wildman–Crippen MR) is 89.9 cm³/mol. The highest BCUT2D eigenvalue weighted by molar-refractivity contribution is 6.30. The zero-order valence-corrected chi connectivity index (χ0v) is 14.1. The first kappa shape index (κ1) is 16.8. The molecule has 24 heavy (non-hydrogen) atoms. The van der Waals surface area contributed by atoms with Crippen LogP contribution in [0.5, 0.6) is 5.75 Å². The Bertz CT molecular complexity index is 738. The predicted octanol–water partition coefficient (Wildman–Crippen LogP) is 2.36.